The number of methoxy groups -OCH3 is 1. The third kappa shape index (κ3) is 3.59. The summed E-state index contributed by atoms with van der Waals surface area (Å²) in [5.74, 6) is 0.533. The topological polar surface area (TPSA) is 48.3 Å². The van der Waals surface area contributed by atoms with Gasteiger partial charge in [0.1, 0.15) is 5.54 Å². The maximum atomic E-state index is 9.73. The minimum Gasteiger partial charge on any atom is -0.380 e. The van der Waals surface area contributed by atoms with E-state index >= 15 is 0 Å². The molecule has 4 nitrogen and oxygen atoms in total. The predicted octanol–water partition coefficient (Wildman–Crippen LogP) is 2.30. The van der Waals surface area contributed by atoms with E-state index in [0.29, 0.717) is 18.1 Å². The lowest BCUT2D eigenvalue weighted by molar-refractivity contribution is 0.0287. The number of piperidine rings is 1. The number of nitrogens with zero attached hydrogens (tertiary/aromatic N) is 2. The Hall–Kier alpha value is -0.630. The SMILES string of the molecule is COC1CCCN(CCC2CCCC2(C#N)NC2CC2)C1. The molecule has 0 bridgehead atoms. The summed E-state index contributed by atoms with van der Waals surface area (Å²) >= 11 is 0. The number of nitrogens with one attached hydrogen (secondary N) is 1. The highest BCUT2D eigenvalue weighted by Gasteiger charge is 2.45. The molecule has 3 aliphatic rings. The van der Waals surface area contributed by atoms with E-state index in [4.69, 9.17) is 4.74 Å². The van der Waals surface area contributed by atoms with Crippen LogP contribution < -0.4 is 5.32 Å². The minimum atomic E-state index is -0.225. The van der Waals surface area contributed by atoms with E-state index in [1.807, 2.05) is 7.11 Å². The van der Waals surface area contributed by atoms with Crippen molar-refractivity contribution >= 4 is 0 Å². The maximum absolute atomic E-state index is 9.73. The summed E-state index contributed by atoms with van der Waals surface area (Å²) in [5.41, 5.74) is -0.225. The summed E-state index contributed by atoms with van der Waals surface area (Å²) in [4.78, 5) is 2.54. The average molecular weight is 291 g/mol. The van der Waals surface area contributed by atoms with E-state index in [1.165, 1.54) is 45.1 Å². The molecule has 21 heavy (non-hydrogen) atoms. The molecule has 3 atom stereocenters. The molecule has 0 aromatic heterocycles. The molecule has 1 aliphatic heterocycles. The minimum absolute atomic E-state index is 0.225. The zero-order chi connectivity index (χ0) is 14.7. The van der Waals surface area contributed by atoms with E-state index < -0.39 is 0 Å². The number of nitriles is 1. The van der Waals surface area contributed by atoms with Crippen LogP contribution in [-0.2, 0) is 4.74 Å². The monoisotopic (exact) mass is 291 g/mol. The lowest BCUT2D eigenvalue weighted by Crippen LogP contribution is -2.49. The van der Waals surface area contributed by atoms with Gasteiger partial charge in [0, 0.05) is 19.7 Å². The number of rotatable bonds is 6. The van der Waals surface area contributed by atoms with Crippen LogP contribution >= 0.6 is 0 Å². The molecule has 1 heterocycles. The van der Waals surface area contributed by atoms with Gasteiger partial charge in [-0.3, -0.25) is 5.32 Å². The van der Waals surface area contributed by atoms with Crippen LogP contribution in [-0.4, -0.2) is 49.3 Å². The quantitative estimate of drug-likeness (QED) is 0.816. The molecule has 0 aromatic carbocycles. The predicted molar refractivity (Wildman–Crippen MR) is 82.9 cm³/mol. The van der Waals surface area contributed by atoms with Gasteiger partial charge in [0.05, 0.1) is 12.2 Å². The van der Waals surface area contributed by atoms with Crippen molar-refractivity contribution in [3.63, 3.8) is 0 Å². The Morgan fingerprint density at radius 1 is 1.29 bits per heavy atom. The van der Waals surface area contributed by atoms with Crippen LogP contribution in [0.3, 0.4) is 0 Å². The summed E-state index contributed by atoms with van der Waals surface area (Å²) < 4.78 is 5.51. The maximum Gasteiger partial charge on any atom is 0.109 e. The first-order valence-corrected chi connectivity index (χ1v) is 8.70. The van der Waals surface area contributed by atoms with Crippen LogP contribution in [0, 0.1) is 17.2 Å². The largest absolute Gasteiger partial charge is 0.380 e. The first-order valence-electron chi connectivity index (χ1n) is 8.70. The van der Waals surface area contributed by atoms with Crippen LogP contribution in [0.15, 0.2) is 0 Å². The van der Waals surface area contributed by atoms with Gasteiger partial charge < -0.3 is 9.64 Å². The Bertz CT molecular complexity index is 390. The van der Waals surface area contributed by atoms with Gasteiger partial charge in [0.2, 0.25) is 0 Å². The molecule has 0 amide bonds. The molecule has 1 saturated heterocycles. The number of ether oxygens (including phenoxy) is 1. The second-order valence-corrected chi connectivity index (χ2v) is 7.18. The van der Waals surface area contributed by atoms with Gasteiger partial charge >= 0.3 is 0 Å². The van der Waals surface area contributed by atoms with Gasteiger partial charge in [-0.15, -0.1) is 0 Å². The fraction of sp³-hybridized carbons (Fsp3) is 0.941. The molecular formula is C17H29N3O. The zero-order valence-corrected chi connectivity index (χ0v) is 13.3. The van der Waals surface area contributed by atoms with Crippen molar-refractivity contribution in [3.8, 4) is 6.07 Å². The van der Waals surface area contributed by atoms with Crippen LogP contribution in [0.25, 0.3) is 0 Å². The van der Waals surface area contributed by atoms with E-state index in [9.17, 15) is 5.26 Å². The highest BCUT2D eigenvalue weighted by atomic mass is 16.5. The fourth-order valence-corrected chi connectivity index (χ4v) is 4.18. The van der Waals surface area contributed by atoms with E-state index in [-0.39, 0.29) is 5.54 Å². The first-order chi connectivity index (χ1) is 10.3. The molecule has 2 saturated carbocycles. The van der Waals surface area contributed by atoms with E-state index in [1.54, 1.807) is 0 Å². The second-order valence-electron chi connectivity index (χ2n) is 7.18. The molecule has 1 N–H and O–H groups in total. The Kier molecular flexibility index (Phi) is 4.83. The second kappa shape index (κ2) is 6.64. The molecule has 2 aliphatic carbocycles. The van der Waals surface area contributed by atoms with E-state index in [0.717, 1.165) is 25.9 Å². The Morgan fingerprint density at radius 3 is 2.86 bits per heavy atom. The van der Waals surface area contributed by atoms with Crippen molar-refractivity contribution in [2.24, 2.45) is 5.92 Å². The molecule has 3 unspecified atom stereocenters. The third-order valence-electron chi connectivity index (χ3n) is 5.65. The van der Waals surface area contributed by atoms with Crippen molar-refractivity contribution in [1.82, 2.24) is 10.2 Å². The summed E-state index contributed by atoms with van der Waals surface area (Å²) in [6.45, 7) is 3.39. The Labute approximate surface area is 128 Å². The number of likely N-dealkylation sites (tertiary alicyclic amines) is 1. The molecule has 0 spiro atoms. The molecule has 3 fully saturated rings. The summed E-state index contributed by atoms with van der Waals surface area (Å²) in [6, 6.07) is 3.28. The van der Waals surface area contributed by atoms with Crippen molar-refractivity contribution in [2.45, 2.75) is 69.1 Å². The normalized spacial score (nSPS) is 37.5. The van der Waals surface area contributed by atoms with Crippen molar-refractivity contribution < 1.29 is 4.74 Å². The van der Waals surface area contributed by atoms with Crippen LogP contribution in [0.2, 0.25) is 0 Å². The summed E-state index contributed by atoms with van der Waals surface area (Å²) in [6.07, 6.45) is 10.00. The smallest absolute Gasteiger partial charge is 0.109 e. The zero-order valence-electron chi connectivity index (χ0n) is 13.3. The lowest BCUT2D eigenvalue weighted by Gasteiger charge is -2.35. The molecule has 0 radical (unpaired) electrons. The first kappa shape index (κ1) is 15.3. The molecule has 3 rings (SSSR count). The average Bonchev–Trinajstić information content (AvgIpc) is 3.24. The number of hydrogen-bond acceptors (Lipinski definition) is 4. The van der Waals surface area contributed by atoms with E-state index in [2.05, 4.69) is 16.3 Å². The molecule has 118 valence electrons. The third-order valence-corrected chi connectivity index (χ3v) is 5.65. The van der Waals surface area contributed by atoms with Crippen molar-refractivity contribution in [1.29, 1.82) is 5.26 Å². The molecule has 4 heteroatoms. The van der Waals surface area contributed by atoms with Gasteiger partial charge in [-0.25, -0.2) is 0 Å². The van der Waals surface area contributed by atoms with Gasteiger partial charge in [-0.05, 0) is 64.0 Å². The van der Waals surface area contributed by atoms with Crippen LogP contribution in [0.5, 0.6) is 0 Å². The van der Waals surface area contributed by atoms with Crippen LogP contribution in [0.1, 0.15) is 51.4 Å². The molecular weight excluding hydrogens is 262 g/mol. The Balaban J connectivity index is 1.52. The standard InChI is InChI=1S/C17H29N3O/c1-21-16-5-3-10-20(12-16)11-8-14-4-2-9-17(14,13-18)19-15-6-7-15/h14-16,19H,2-12H2,1H3. The number of hydrogen-bond donors (Lipinski definition) is 1. The van der Waals surface area contributed by atoms with Gasteiger partial charge in [-0.2, -0.15) is 5.26 Å². The summed E-state index contributed by atoms with van der Waals surface area (Å²) in [5, 5.41) is 13.4. The summed E-state index contributed by atoms with van der Waals surface area (Å²) in [7, 11) is 1.82. The van der Waals surface area contributed by atoms with Crippen LogP contribution in [0.4, 0.5) is 0 Å². The van der Waals surface area contributed by atoms with Gasteiger partial charge in [0.25, 0.3) is 0 Å². The highest BCUT2D eigenvalue weighted by molar-refractivity contribution is 5.16. The van der Waals surface area contributed by atoms with Gasteiger partial charge in [-0.1, -0.05) is 6.42 Å². The Morgan fingerprint density at radius 2 is 2.14 bits per heavy atom. The fourth-order valence-electron chi connectivity index (χ4n) is 4.18. The molecule has 0 aromatic rings. The lowest BCUT2D eigenvalue weighted by atomic mass is 9.85. The van der Waals surface area contributed by atoms with Crippen molar-refractivity contribution in [2.75, 3.05) is 26.7 Å². The van der Waals surface area contributed by atoms with Crippen molar-refractivity contribution in [3.05, 3.63) is 0 Å². The van der Waals surface area contributed by atoms with Gasteiger partial charge in [0.15, 0.2) is 0 Å². The highest BCUT2D eigenvalue weighted by Crippen LogP contribution is 2.40.